The number of carbonyl (C=O) groups excluding carboxylic acids is 5. The first-order chi connectivity index (χ1) is 16.6. The van der Waals surface area contributed by atoms with Crippen LogP contribution in [0.2, 0.25) is 0 Å². The van der Waals surface area contributed by atoms with Gasteiger partial charge in [0.1, 0.15) is 17.5 Å². The van der Waals surface area contributed by atoms with Crippen LogP contribution in [0.3, 0.4) is 0 Å². The van der Waals surface area contributed by atoms with Crippen LogP contribution in [0.15, 0.2) is 46.1 Å². The maximum absolute atomic E-state index is 13.8. The topological polar surface area (TPSA) is 119 Å². The fraction of sp³-hybridized carbons (Fsp3) is 0.393. The number of furan rings is 1. The summed E-state index contributed by atoms with van der Waals surface area (Å²) >= 11 is 0. The van der Waals surface area contributed by atoms with Crippen LogP contribution >= 0.6 is 0 Å². The zero-order chi connectivity index (χ0) is 25.2. The predicted molar refractivity (Wildman–Crippen MR) is 124 cm³/mol. The molecule has 180 valence electrons. The van der Waals surface area contributed by atoms with Crippen molar-refractivity contribution in [2.45, 2.75) is 46.5 Å². The summed E-state index contributed by atoms with van der Waals surface area (Å²) in [6.45, 7) is 4.73. The number of hydrogen-bond donors (Lipinski definition) is 1. The molecule has 4 atom stereocenters. The van der Waals surface area contributed by atoms with Crippen LogP contribution in [-0.4, -0.2) is 34.0 Å². The number of fused-ring (bicyclic) bond motifs is 3. The summed E-state index contributed by atoms with van der Waals surface area (Å²) in [5, 5.41) is 10.6. The Morgan fingerprint density at radius 3 is 2.54 bits per heavy atom. The lowest BCUT2D eigenvalue weighted by Gasteiger charge is -2.50. The lowest BCUT2D eigenvalue weighted by molar-refractivity contribution is -0.150. The molecule has 1 saturated carbocycles. The highest BCUT2D eigenvalue weighted by Crippen LogP contribution is 2.56. The first kappa shape index (κ1) is 23.1. The van der Waals surface area contributed by atoms with Crippen molar-refractivity contribution >= 4 is 28.9 Å². The molecule has 1 heterocycles. The Hall–Kier alpha value is -3.61. The van der Waals surface area contributed by atoms with Crippen LogP contribution in [-0.2, 0) is 27.2 Å². The van der Waals surface area contributed by atoms with Gasteiger partial charge >= 0.3 is 0 Å². The van der Waals surface area contributed by atoms with Gasteiger partial charge in [0.15, 0.2) is 23.1 Å². The molecule has 3 aliphatic carbocycles. The Kier molecular flexibility index (Phi) is 5.27. The summed E-state index contributed by atoms with van der Waals surface area (Å²) in [6.07, 6.45) is 2.40. The molecule has 0 aliphatic heterocycles. The minimum atomic E-state index is -1.29. The van der Waals surface area contributed by atoms with Crippen LogP contribution in [0, 0.1) is 23.2 Å². The largest absolute Gasteiger partial charge is 0.507 e. The van der Waals surface area contributed by atoms with E-state index < -0.39 is 22.9 Å². The van der Waals surface area contributed by atoms with E-state index in [0.717, 1.165) is 0 Å². The fourth-order valence-corrected chi connectivity index (χ4v) is 6.43. The molecule has 0 bridgehead atoms. The maximum atomic E-state index is 13.8. The summed E-state index contributed by atoms with van der Waals surface area (Å²) in [5.41, 5.74) is 1.39. The second-order valence-corrected chi connectivity index (χ2v) is 10.2. The zero-order valence-corrected chi connectivity index (χ0v) is 19.8. The monoisotopic (exact) mass is 474 g/mol. The minimum Gasteiger partial charge on any atom is -0.507 e. The van der Waals surface area contributed by atoms with Gasteiger partial charge in [0.2, 0.25) is 5.78 Å². The van der Waals surface area contributed by atoms with Crippen molar-refractivity contribution in [3.8, 4) is 5.75 Å². The summed E-state index contributed by atoms with van der Waals surface area (Å²) in [5.74, 6) is -3.65. The standard InChI is InChI=1S/C28H26O7/c1-13-23-16(9-17-12-21(32)24(14(2)29)27(34)28(13,17)3)10-18-15(6-7-19(30)25(18)26(23)33)11-20(31)22-5-4-8-35-22/h4-8,16-17,24,30H,9-12H2,1-3H3. The van der Waals surface area contributed by atoms with Crippen LogP contribution in [0.25, 0.3) is 0 Å². The van der Waals surface area contributed by atoms with Crippen LogP contribution in [0.4, 0.5) is 0 Å². The van der Waals surface area contributed by atoms with Gasteiger partial charge in [-0.3, -0.25) is 24.0 Å². The Bertz CT molecular complexity index is 1340. The van der Waals surface area contributed by atoms with Crippen LogP contribution < -0.4 is 0 Å². The van der Waals surface area contributed by atoms with Gasteiger partial charge in [0, 0.05) is 18.4 Å². The fourth-order valence-electron chi connectivity index (χ4n) is 6.43. The highest BCUT2D eigenvalue weighted by atomic mass is 16.3. The Morgan fingerprint density at radius 1 is 1.14 bits per heavy atom. The van der Waals surface area contributed by atoms with Crippen LogP contribution in [0.1, 0.15) is 65.7 Å². The number of phenolic OH excluding ortho intramolecular Hbond substituents is 1. The van der Waals surface area contributed by atoms with Crippen molar-refractivity contribution in [2.75, 3.05) is 0 Å². The number of phenols is 1. The number of rotatable bonds is 4. The molecule has 0 radical (unpaired) electrons. The van der Waals surface area contributed by atoms with Gasteiger partial charge in [0.25, 0.3) is 0 Å². The number of benzene rings is 1. The molecule has 1 aromatic carbocycles. The third-order valence-corrected chi connectivity index (χ3v) is 8.38. The molecule has 7 nitrogen and oxygen atoms in total. The molecular weight excluding hydrogens is 448 g/mol. The molecule has 0 spiro atoms. The van der Waals surface area contributed by atoms with E-state index in [1.807, 2.05) is 0 Å². The molecule has 0 amide bonds. The van der Waals surface area contributed by atoms with Gasteiger partial charge in [-0.2, -0.15) is 0 Å². The molecule has 1 N–H and O–H groups in total. The minimum absolute atomic E-state index is 0.0204. The van der Waals surface area contributed by atoms with Crippen molar-refractivity contribution in [3.05, 3.63) is 64.1 Å². The van der Waals surface area contributed by atoms with Gasteiger partial charge < -0.3 is 9.52 Å². The molecule has 2 aromatic rings. The average molecular weight is 475 g/mol. The van der Waals surface area contributed by atoms with E-state index in [1.165, 1.54) is 19.3 Å². The van der Waals surface area contributed by atoms with Crippen molar-refractivity contribution in [3.63, 3.8) is 0 Å². The maximum Gasteiger partial charge on any atom is 0.202 e. The Morgan fingerprint density at radius 2 is 1.89 bits per heavy atom. The van der Waals surface area contributed by atoms with Gasteiger partial charge in [-0.25, -0.2) is 0 Å². The third-order valence-electron chi connectivity index (χ3n) is 8.38. The molecule has 5 rings (SSSR count). The Labute approximate surface area is 202 Å². The SMILES string of the molecule is CC(=O)C1C(=O)CC2CC3Cc4c(CC(=O)c5ccco5)ccc(O)c4C(=O)C3=C(C)C2(C)C1=O. The van der Waals surface area contributed by atoms with E-state index in [2.05, 4.69) is 0 Å². The normalized spacial score (nSPS) is 27.9. The van der Waals surface area contributed by atoms with E-state index >= 15 is 0 Å². The second-order valence-electron chi connectivity index (χ2n) is 10.2. The van der Waals surface area contributed by atoms with E-state index in [9.17, 15) is 29.1 Å². The third kappa shape index (κ3) is 3.28. The first-order valence-corrected chi connectivity index (χ1v) is 11.8. The average Bonchev–Trinajstić information content (AvgIpc) is 3.33. The number of carbonyl (C=O) groups is 5. The molecule has 4 unspecified atom stereocenters. The molecule has 1 fully saturated rings. The van der Waals surface area contributed by atoms with E-state index in [4.69, 9.17) is 4.42 Å². The molecule has 35 heavy (non-hydrogen) atoms. The second kappa shape index (κ2) is 7.97. The van der Waals surface area contributed by atoms with E-state index in [-0.39, 0.29) is 59.1 Å². The number of Topliss-reactive ketones (excluding diaryl/α,β-unsaturated/α-hetero) is 5. The molecular formula is C28H26O7. The Balaban J connectivity index is 1.60. The van der Waals surface area contributed by atoms with E-state index in [1.54, 1.807) is 32.0 Å². The quantitative estimate of drug-likeness (QED) is 0.528. The highest BCUT2D eigenvalue weighted by molar-refractivity contribution is 6.23. The number of hydrogen-bond acceptors (Lipinski definition) is 7. The van der Waals surface area contributed by atoms with Crippen LogP contribution in [0.5, 0.6) is 5.75 Å². The zero-order valence-electron chi connectivity index (χ0n) is 19.8. The molecule has 0 saturated heterocycles. The predicted octanol–water partition coefficient (Wildman–Crippen LogP) is 3.86. The van der Waals surface area contributed by atoms with E-state index in [0.29, 0.717) is 35.1 Å². The summed E-state index contributed by atoms with van der Waals surface area (Å²) in [7, 11) is 0. The van der Waals surface area contributed by atoms with Crippen molar-refractivity contribution in [2.24, 2.45) is 23.2 Å². The number of allylic oxidation sites excluding steroid dienone is 2. The first-order valence-electron chi connectivity index (χ1n) is 11.8. The highest BCUT2D eigenvalue weighted by Gasteiger charge is 2.58. The lowest BCUT2D eigenvalue weighted by atomic mass is 9.51. The van der Waals surface area contributed by atoms with Gasteiger partial charge in [-0.1, -0.05) is 11.6 Å². The molecule has 7 heteroatoms. The molecule has 1 aromatic heterocycles. The van der Waals surface area contributed by atoms with Crippen molar-refractivity contribution in [1.82, 2.24) is 0 Å². The van der Waals surface area contributed by atoms with Crippen molar-refractivity contribution in [1.29, 1.82) is 0 Å². The summed E-state index contributed by atoms with van der Waals surface area (Å²) < 4.78 is 5.21. The van der Waals surface area contributed by atoms with Crippen molar-refractivity contribution < 1.29 is 33.5 Å². The lowest BCUT2D eigenvalue weighted by Crippen LogP contribution is -2.54. The molecule has 3 aliphatic rings. The number of ketones is 5. The number of aromatic hydroxyl groups is 1. The summed E-state index contributed by atoms with van der Waals surface area (Å²) in [6, 6.07) is 6.28. The van der Waals surface area contributed by atoms with Gasteiger partial charge in [-0.15, -0.1) is 0 Å². The van der Waals surface area contributed by atoms with Gasteiger partial charge in [0.05, 0.1) is 17.2 Å². The smallest absolute Gasteiger partial charge is 0.202 e. The summed E-state index contributed by atoms with van der Waals surface area (Å²) in [4.78, 5) is 64.7. The van der Waals surface area contributed by atoms with Gasteiger partial charge in [-0.05, 0) is 74.8 Å².